The van der Waals surface area contributed by atoms with E-state index in [0.717, 1.165) is 0 Å². The van der Waals surface area contributed by atoms with E-state index in [-0.39, 0.29) is 24.9 Å². The minimum absolute atomic E-state index is 0.117. The van der Waals surface area contributed by atoms with Crippen molar-refractivity contribution in [2.75, 3.05) is 20.3 Å². The topological polar surface area (TPSA) is 136 Å². The van der Waals surface area contributed by atoms with Crippen LogP contribution in [-0.4, -0.2) is 73.6 Å². The van der Waals surface area contributed by atoms with E-state index in [4.69, 9.17) is 28.9 Å². The molecule has 1 amide bonds. The molecule has 0 radical (unpaired) electrons. The number of rotatable bonds is 8. The quantitative estimate of drug-likeness (QED) is 0.421. The summed E-state index contributed by atoms with van der Waals surface area (Å²) < 4.78 is 27.4. The number of carbonyl (C=O) groups excluding carboxylic acids is 2. The Morgan fingerprint density at radius 3 is 2.76 bits per heavy atom. The fraction of sp³-hybridized carbons (Fsp3) is 0.737. The molecule has 2 N–H and O–H groups in total. The maximum absolute atomic E-state index is 12.1. The average molecular weight is 412 g/mol. The highest BCUT2D eigenvalue weighted by atomic mass is 16.7. The lowest BCUT2D eigenvalue weighted by Gasteiger charge is -2.40. The van der Waals surface area contributed by atoms with Crippen molar-refractivity contribution in [3.8, 4) is 6.07 Å². The molecular formula is C19H28N2O8. The SMILES string of the molecule is COC(=O)C1=CC(OCCCC#N)C(NC(C)=O)[C@H](C(O)C2COC(C)(C)O2)O1. The first kappa shape index (κ1) is 23.1. The minimum Gasteiger partial charge on any atom is -0.478 e. The molecule has 10 nitrogen and oxygen atoms in total. The first-order valence-electron chi connectivity index (χ1n) is 9.41. The molecule has 0 aromatic carbocycles. The number of methoxy groups -OCH3 is 1. The molecule has 0 bridgehead atoms. The molecule has 4 unspecified atom stereocenters. The molecule has 2 aliphatic rings. The Morgan fingerprint density at radius 1 is 1.48 bits per heavy atom. The normalized spacial score (nSPS) is 29.2. The second-order valence-electron chi connectivity index (χ2n) is 7.29. The van der Waals surface area contributed by atoms with Crippen molar-refractivity contribution in [1.29, 1.82) is 5.26 Å². The number of nitriles is 1. The van der Waals surface area contributed by atoms with Gasteiger partial charge < -0.3 is 34.1 Å². The largest absolute Gasteiger partial charge is 0.478 e. The summed E-state index contributed by atoms with van der Waals surface area (Å²) in [7, 11) is 1.21. The first-order chi connectivity index (χ1) is 13.7. The Morgan fingerprint density at radius 2 is 2.21 bits per heavy atom. The third-order valence-electron chi connectivity index (χ3n) is 4.53. The third kappa shape index (κ3) is 6.14. The average Bonchev–Trinajstić information content (AvgIpc) is 3.04. The van der Waals surface area contributed by atoms with Crippen molar-refractivity contribution in [1.82, 2.24) is 5.32 Å². The van der Waals surface area contributed by atoms with Gasteiger partial charge in [-0.1, -0.05) is 0 Å². The van der Waals surface area contributed by atoms with Crippen LogP contribution in [0.25, 0.3) is 0 Å². The molecule has 1 saturated heterocycles. The predicted molar refractivity (Wildman–Crippen MR) is 98.1 cm³/mol. The summed E-state index contributed by atoms with van der Waals surface area (Å²) in [5.41, 5.74) is 0. The van der Waals surface area contributed by atoms with Gasteiger partial charge >= 0.3 is 5.97 Å². The number of amides is 1. The van der Waals surface area contributed by atoms with Crippen LogP contribution in [0, 0.1) is 11.3 Å². The van der Waals surface area contributed by atoms with E-state index in [9.17, 15) is 14.7 Å². The zero-order valence-electron chi connectivity index (χ0n) is 17.0. The van der Waals surface area contributed by atoms with Crippen LogP contribution in [0.2, 0.25) is 0 Å². The van der Waals surface area contributed by atoms with Crippen LogP contribution in [0.5, 0.6) is 0 Å². The fourth-order valence-corrected chi connectivity index (χ4v) is 3.21. The van der Waals surface area contributed by atoms with Crippen molar-refractivity contribution in [2.24, 2.45) is 0 Å². The number of carbonyl (C=O) groups is 2. The van der Waals surface area contributed by atoms with Gasteiger partial charge in [-0.15, -0.1) is 0 Å². The summed E-state index contributed by atoms with van der Waals surface area (Å²) in [6.07, 6.45) is -1.62. The van der Waals surface area contributed by atoms with Crippen molar-refractivity contribution in [3.05, 3.63) is 11.8 Å². The van der Waals surface area contributed by atoms with Crippen LogP contribution in [0.15, 0.2) is 11.8 Å². The summed E-state index contributed by atoms with van der Waals surface area (Å²) in [6, 6.07) is 1.22. The highest BCUT2D eigenvalue weighted by Crippen LogP contribution is 2.30. The number of aliphatic hydroxyl groups is 1. The van der Waals surface area contributed by atoms with Crippen molar-refractivity contribution < 1.29 is 38.4 Å². The van der Waals surface area contributed by atoms with Crippen LogP contribution in [0.3, 0.4) is 0 Å². The molecule has 5 atom stereocenters. The molecule has 29 heavy (non-hydrogen) atoms. The minimum atomic E-state index is -1.23. The molecule has 0 spiro atoms. The molecule has 1 fully saturated rings. The van der Waals surface area contributed by atoms with Crippen LogP contribution in [0.1, 0.15) is 33.6 Å². The van der Waals surface area contributed by atoms with Gasteiger partial charge in [0.15, 0.2) is 11.9 Å². The molecule has 0 saturated carbocycles. The van der Waals surface area contributed by atoms with Crippen molar-refractivity contribution >= 4 is 11.9 Å². The zero-order valence-corrected chi connectivity index (χ0v) is 17.0. The molecule has 2 aliphatic heterocycles. The predicted octanol–water partition coefficient (Wildman–Crippen LogP) is 0.148. The fourth-order valence-electron chi connectivity index (χ4n) is 3.21. The highest BCUT2D eigenvalue weighted by molar-refractivity contribution is 5.86. The van der Waals surface area contributed by atoms with Crippen LogP contribution < -0.4 is 5.32 Å². The molecule has 0 aromatic rings. The van der Waals surface area contributed by atoms with Gasteiger partial charge in [-0.25, -0.2) is 4.79 Å². The second-order valence-corrected chi connectivity index (χ2v) is 7.29. The number of unbranched alkanes of at least 4 members (excludes halogenated alkanes) is 1. The van der Waals surface area contributed by atoms with Crippen LogP contribution >= 0.6 is 0 Å². The van der Waals surface area contributed by atoms with Crippen LogP contribution in [-0.2, 0) is 33.3 Å². The Kier molecular flexibility index (Phi) is 7.98. The van der Waals surface area contributed by atoms with E-state index in [0.29, 0.717) is 12.8 Å². The lowest BCUT2D eigenvalue weighted by Crippen LogP contribution is -2.60. The van der Waals surface area contributed by atoms with Gasteiger partial charge in [0.1, 0.15) is 18.3 Å². The summed E-state index contributed by atoms with van der Waals surface area (Å²) in [5.74, 6) is -2.11. The lowest BCUT2D eigenvalue weighted by atomic mass is 9.93. The van der Waals surface area contributed by atoms with Gasteiger partial charge in [-0.3, -0.25) is 4.79 Å². The van der Waals surface area contributed by atoms with Gasteiger partial charge in [0.25, 0.3) is 0 Å². The lowest BCUT2D eigenvalue weighted by molar-refractivity contribution is -0.173. The van der Waals surface area contributed by atoms with Crippen LogP contribution in [0.4, 0.5) is 0 Å². The molecule has 162 valence electrons. The third-order valence-corrected chi connectivity index (χ3v) is 4.53. The van der Waals surface area contributed by atoms with Gasteiger partial charge in [-0.2, -0.15) is 5.26 Å². The molecular weight excluding hydrogens is 384 g/mol. The van der Waals surface area contributed by atoms with E-state index < -0.39 is 42.2 Å². The maximum atomic E-state index is 12.1. The first-order valence-corrected chi connectivity index (χ1v) is 9.41. The van der Waals surface area contributed by atoms with Gasteiger partial charge in [0.05, 0.1) is 25.8 Å². The number of nitrogens with zero attached hydrogens (tertiary/aromatic N) is 1. The Bertz CT molecular complexity index is 672. The van der Waals surface area contributed by atoms with E-state index in [1.807, 2.05) is 6.07 Å². The van der Waals surface area contributed by atoms with Crippen molar-refractivity contribution in [2.45, 2.75) is 69.9 Å². The number of hydrogen-bond donors (Lipinski definition) is 2. The summed E-state index contributed by atoms with van der Waals surface area (Å²) >= 11 is 0. The Balaban J connectivity index is 2.27. The van der Waals surface area contributed by atoms with E-state index >= 15 is 0 Å². The highest BCUT2D eigenvalue weighted by Gasteiger charge is 2.48. The molecule has 2 rings (SSSR count). The van der Waals surface area contributed by atoms with Gasteiger partial charge in [0, 0.05) is 20.0 Å². The second kappa shape index (κ2) is 10.0. The van der Waals surface area contributed by atoms with Crippen molar-refractivity contribution in [3.63, 3.8) is 0 Å². The summed E-state index contributed by atoms with van der Waals surface area (Å²) in [4.78, 5) is 23.9. The maximum Gasteiger partial charge on any atom is 0.373 e. The molecule has 10 heteroatoms. The number of nitrogens with one attached hydrogen (secondary N) is 1. The summed E-state index contributed by atoms with van der Waals surface area (Å²) in [5, 5.41) is 22.3. The number of hydrogen-bond acceptors (Lipinski definition) is 9. The standard InChI is InChI=1S/C19H28N2O8/c1-11(22)21-15-12(26-8-6-5-7-20)9-13(18(24)25-4)28-17(15)16(23)14-10-27-19(2,3)29-14/h9,12,14-17,23H,5-6,8,10H2,1-4H3,(H,21,22)/t12?,14?,15?,16?,17-/m1/s1. The van der Waals surface area contributed by atoms with E-state index in [1.54, 1.807) is 13.8 Å². The molecule has 2 heterocycles. The molecule has 0 aromatic heterocycles. The Hall–Kier alpha value is -2.19. The monoisotopic (exact) mass is 412 g/mol. The van der Waals surface area contributed by atoms with E-state index in [2.05, 4.69) is 5.32 Å². The number of aliphatic hydroxyl groups excluding tert-OH is 1. The Labute approximate surface area is 169 Å². The molecule has 0 aliphatic carbocycles. The smallest absolute Gasteiger partial charge is 0.373 e. The van der Waals surface area contributed by atoms with E-state index in [1.165, 1.54) is 20.1 Å². The zero-order chi connectivity index (χ0) is 21.6. The summed E-state index contributed by atoms with van der Waals surface area (Å²) in [6.45, 7) is 5.10. The van der Waals surface area contributed by atoms with Gasteiger partial charge in [-0.05, 0) is 26.3 Å². The number of esters is 1. The van der Waals surface area contributed by atoms with Gasteiger partial charge in [0.2, 0.25) is 11.7 Å². The number of ether oxygens (including phenoxy) is 5.